The van der Waals surface area contributed by atoms with Gasteiger partial charge < -0.3 is 70.0 Å². The molecular weight excluding hydrogens is 1690 g/mol. The highest BCUT2D eigenvalue weighted by Crippen LogP contribution is 2.50. The first kappa shape index (κ1) is 83.7. The second-order valence-electron chi connectivity index (χ2n) is 29.9. The van der Waals surface area contributed by atoms with Crippen molar-refractivity contribution in [1.29, 1.82) is 0 Å². The van der Waals surface area contributed by atoms with E-state index in [1.807, 2.05) is 115 Å². The zero-order valence-electron chi connectivity index (χ0n) is 69.5. The molecule has 34 heteroatoms. The molecule has 20 rings (SSSR count). The van der Waals surface area contributed by atoms with Crippen molar-refractivity contribution in [2.45, 2.75) is 25.8 Å². The van der Waals surface area contributed by atoms with Crippen molar-refractivity contribution < 1.29 is 61.9 Å². The van der Waals surface area contributed by atoms with Gasteiger partial charge in [-0.25, -0.2) is 59.0 Å². The fraction of sp³-hybridized carbons (Fsp3) is 0.170. The number of likely N-dealkylation sites (N-methyl/N-ethyl adjacent to an activating group) is 1. The van der Waals surface area contributed by atoms with Gasteiger partial charge in [-0.2, -0.15) is 0 Å². The Hall–Kier alpha value is -15.2. The Bertz CT molecular complexity index is 6630. The van der Waals surface area contributed by atoms with Crippen molar-refractivity contribution in [2.75, 3.05) is 127 Å². The molecule has 128 heavy (non-hydrogen) atoms. The highest BCUT2D eigenvalue weighted by atomic mass is 32.1. The number of nitrogens with zero attached hydrogens (tertiary/aromatic N) is 12. The SMILES string of the molecule is CN1CCN(Cc2ccc(NC(=O)c3sc4ncnc5c4c3NC(=O)N5c3ccc(Oc4ccccc4)cc3)cc2)CC1.COc1cc(NC(=O)c2sc3ncnc4c3c2NC(=O)N4c2ccc(Oc3ccccc3)cc2)ccc1OCCN1CCCCC1.COc1ccc(NC(=O)c2sc3ncnc4c3c2NC(=O)N4c2ccc(Oc3ccccc3)cc2)cc1OC. The average molecular weight is 1770 g/mol. The second kappa shape index (κ2) is 37.7. The van der Waals surface area contributed by atoms with Crippen LogP contribution in [0.3, 0.4) is 0 Å². The van der Waals surface area contributed by atoms with Crippen LogP contribution in [0, 0.1) is 0 Å². The van der Waals surface area contributed by atoms with Crippen LogP contribution in [-0.2, 0) is 6.54 Å². The summed E-state index contributed by atoms with van der Waals surface area (Å²) < 4.78 is 39.8. The molecule has 0 unspecified atom stereocenters. The Morgan fingerprint density at radius 2 is 0.727 bits per heavy atom. The molecule has 5 aliphatic rings. The van der Waals surface area contributed by atoms with E-state index in [-0.39, 0.29) is 11.8 Å². The van der Waals surface area contributed by atoms with E-state index in [0.717, 1.165) is 58.1 Å². The molecule has 15 aromatic rings. The lowest BCUT2D eigenvalue weighted by Gasteiger charge is -2.32. The Kier molecular flexibility index (Phi) is 24.6. The maximum atomic E-state index is 13.6. The normalized spacial score (nSPS) is 14.1. The van der Waals surface area contributed by atoms with E-state index < -0.39 is 24.0 Å². The standard InChI is InChI=1S/C34H32N6O5S.C32H29N7O3S.C28H21N5O5S/c1-43-27-20-22(10-15-26(27)44-19-18-39-16-6-3-7-17-39)37-32(41)30-29-28-31(35-21-36-33(28)46-30)40(34(42)38-29)23-11-13-25(14-12-23)45-24-8-4-2-5-9-24;1-37-15-17-38(18-16-37)19-21-7-9-22(10-8-21)35-30(40)28-27-26-29(33-20-34-31(26)43-28)39(32(41)36-27)23-11-13-25(14-12-23)42-24-5-3-2-4-6-24;1-36-20-13-8-16(14-21(20)37-2)31-26(34)24-23-22-25(29-15-30-27(22)39-24)33(28(35)32-23)17-9-11-19(12-10-17)38-18-6-4-3-5-7-18/h2,4-5,8-15,20-21H,3,6-7,16-19H2,1H3,(H,37,41)(H,38,42);2-14,20H,15-19H2,1H3,(H,35,40)(H,36,41);3-15H,1-2H3,(H,31,34)(H,32,35). The number of urea groups is 3. The van der Waals surface area contributed by atoms with Gasteiger partial charge in [-0.3, -0.25) is 24.2 Å². The Morgan fingerprint density at radius 1 is 0.375 bits per heavy atom. The number of aromatic nitrogens is 6. The average Bonchev–Trinajstić information content (AvgIpc) is 1.60. The van der Waals surface area contributed by atoms with E-state index in [2.05, 4.69) is 83.6 Å². The molecule has 644 valence electrons. The molecule has 6 N–H and O–H groups in total. The molecule has 2 fully saturated rings. The van der Waals surface area contributed by atoms with Crippen molar-refractivity contribution in [3.63, 3.8) is 0 Å². The number of para-hydroxylation sites is 3. The molecule has 0 bridgehead atoms. The van der Waals surface area contributed by atoms with Crippen molar-refractivity contribution in [1.82, 2.24) is 44.6 Å². The van der Waals surface area contributed by atoms with Gasteiger partial charge in [0.05, 0.1) is 71.6 Å². The van der Waals surface area contributed by atoms with Crippen LogP contribution >= 0.6 is 34.0 Å². The molecule has 31 nitrogen and oxygen atoms in total. The number of carbonyl (C=O) groups excluding carboxylic acids is 6. The summed E-state index contributed by atoms with van der Waals surface area (Å²) in [6, 6.07) is 66.7. The van der Waals surface area contributed by atoms with Gasteiger partial charge in [-0.05, 0) is 184 Å². The first-order valence-electron chi connectivity index (χ1n) is 41.0. The summed E-state index contributed by atoms with van der Waals surface area (Å²) in [5.74, 6) is 6.28. The number of nitrogens with one attached hydrogen (secondary N) is 6. The van der Waals surface area contributed by atoms with Gasteiger partial charge in [0.25, 0.3) is 17.7 Å². The van der Waals surface area contributed by atoms with Crippen LogP contribution in [0.1, 0.15) is 53.8 Å². The fourth-order valence-corrected chi connectivity index (χ4v) is 18.2. The maximum absolute atomic E-state index is 13.6. The summed E-state index contributed by atoms with van der Waals surface area (Å²) in [6.07, 6.45) is 7.94. The number of piperidine rings is 1. The van der Waals surface area contributed by atoms with Crippen molar-refractivity contribution in [2.24, 2.45) is 0 Å². The molecule has 0 spiro atoms. The van der Waals surface area contributed by atoms with E-state index in [4.69, 9.17) is 33.2 Å². The predicted octanol–water partition coefficient (Wildman–Crippen LogP) is 19.9. The van der Waals surface area contributed by atoms with E-state index in [9.17, 15) is 28.8 Å². The first-order valence-corrected chi connectivity index (χ1v) is 43.4. The molecule has 0 saturated carbocycles. The third-order valence-corrected chi connectivity index (χ3v) is 24.9. The van der Waals surface area contributed by atoms with Gasteiger partial charge in [-0.1, -0.05) is 73.2 Å². The number of anilines is 12. The van der Waals surface area contributed by atoms with Crippen LogP contribution < -0.4 is 79.8 Å². The number of carbonyl (C=O) groups is 6. The number of amides is 9. The van der Waals surface area contributed by atoms with Crippen molar-refractivity contribution >= 4 is 169 Å². The minimum absolute atomic E-state index is 0.307. The predicted molar refractivity (Wildman–Crippen MR) is 496 cm³/mol. The van der Waals surface area contributed by atoms with Crippen LogP contribution in [0.5, 0.6) is 57.5 Å². The highest BCUT2D eigenvalue weighted by Gasteiger charge is 2.38. The van der Waals surface area contributed by atoms with Gasteiger partial charge in [0.1, 0.15) is 89.2 Å². The highest BCUT2D eigenvalue weighted by molar-refractivity contribution is 7.22. The number of methoxy groups -OCH3 is 3. The monoisotopic (exact) mass is 1770 g/mol. The minimum Gasteiger partial charge on any atom is -0.493 e. The molecule has 6 aromatic heterocycles. The largest absolute Gasteiger partial charge is 0.493 e. The van der Waals surface area contributed by atoms with Crippen LogP contribution in [0.2, 0.25) is 0 Å². The summed E-state index contributed by atoms with van der Waals surface area (Å²) >= 11 is 3.58. The van der Waals surface area contributed by atoms with E-state index in [1.165, 1.54) is 107 Å². The molecule has 9 aromatic carbocycles. The van der Waals surface area contributed by atoms with Crippen molar-refractivity contribution in [3.05, 3.63) is 264 Å². The molecule has 0 aliphatic carbocycles. The van der Waals surface area contributed by atoms with Crippen LogP contribution in [0.25, 0.3) is 30.6 Å². The number of likely N-dealkylation sites (tertiary alicyclic amines) is 1. The number of rotatable bonds is 24. The van der Waals surface area contributed by atoms with Gasteiger partial charge in [-0.15, -0.1) is 34.0 Å². The van der Waals surface area contributed by atoms with Gasteiger partial charge in [0.2, 0.25) is 0 Å². The zero-order chi connectivity index (χ0) is 87.7. The quantitative estimate of drug-likeness (QED) is 0.0327. The Morgan fingerprint density at radius 3 is 1.11 bits per heavy atom. The Balaban J connectivity index is 0.000000130. The number of piperazine rings is 1. The number of hydrogen-bond donors (Lipinski definition) is 6. The summed E-state index contributed by atoms with van der Waals surface area (Å²) in [6.45, 7) is 8.75. The lowest BCUT2D eigenvalue weighted by Crippen LogP contribution is -2.43. The molecule has 0 radical (unpaired) electrons. The molecule has 11 heterocycles. The maximum Gasteiger partial charge on any atom is 0.332 e. The summed E-state index contributed by atoms with van der Waals surface area (Å²) in [7, 11) is 6.77. The van der Waals surface area contributed by atoms with Gasteiger partial charge in [0, 0.05) is 68.5 Å². The smallest absolute Gasteiger partial charge is 0.332 e. The first-order chi connectivity index (χ1) is 62.6. The van der Waals surface area contributed by atoms with Gasteiger partial charge in [0.15, 0.2) is 40.5 Å². The minimum atomic E-state index is -0.446. The molecule has 0 atom stereocenters. The van der Waals surface area contributed by atoms with Crippen molar-refractivity contribution in [3.8, 4) is 57.5 Å². The lowest BCUT2D eigenvalue weighted by molar-refractivity contribution is 0.102. The fourth-order valence-electron chi connectivity index (χ4n) is 15.2. The second-order valence-corrected chi connectivity index (χ2v) is 32.9. The van der Waals surface area contributed by atoms with Gasteiger partial charge >= 0.3 is 18.1 Å². The van der Waals surface area contributed by atoms with E-state index >= 15 is 0 Å². The summed E-state index contributed by atoms with van der Waals surface area (Å²) in [5, 5.41) is 19.3. The topological polar surface area (TPSA) is 336 Å². The van der Waals surface area contributed by atoms with E-state index in [0.29, 0.717) is 172 Å². The zero-order valence-corrected chi connectivity index (χ0v) is 71.9. The number of ether oxygens (including phenoxy) is 7. The third kappa shape index (κ3) is 18.2. The number of thiophene rings is 3. The summed E-state index contributed by atoms with van der Waals surface area (Å²) in [4.78, 5) is 121. The molecule has 9 amide bonds. The van der Waals surface area contributed by atoms with Crippen LogP contribution in [0.15, 0.2) is 243 Å². The van der Waals surface area contributed by atoms with Crippen LogP contribution in [-0.4, -0.2) is 161 Å². The molecule has 2 saturated heterocycles. The lowest BCUT2D eigenvalue weighted by atomic mass is 10.1. The molecular formula is C94H82N18O13S3. The Labute approximate surface area is 745 Å². The third-order valence-electron chi connectivity index (χ3n) is 21.6. The number of benzene rings is 9. The van der Waals surface area contributed by atoms with Crippen LogP contribution in [0.4, 0.5) is 83.0 Å². The molecule has 5 aliphatic heterocycles. The van der Waals surface area contributed by atoms with E-state index in [1.54, 1.807) is 116 Å². The number of hydrogen-bond acceptors (Lipinski definition) is 25. The summed E-state index contributed by atoms with van der Waals surface area (Å²) in [5.41, 5.74) is 5.88.